The van der Waals surface area contributed by atoms with Crippen molar-refractivity contribution in [1.82, 2.24) is 0 Å². The van der Waals surface area contributed by atoms with Crippen molar-refractivity contribution in [2.45, 2.75) is 24.8 Å². The number of hydrogen-bond acceptors (Lipinski definition) is 4. The van der Waals surface area contributed by atoms with E-state index in [1.54, 1.807) is 30.2 Å². The number of carbonyl (C=O) groups excluding carboxylic acids is 1. The molecule has 0 spiro atoms. The SMILES string of the molecule is COc1ccccc1[C@@H]1N(c2cccc(S(C)(=O)=O)c2)C(=O)C1(C)C. The summed E-state index contributed by atoms with van der Waals surface area (Å²) in [7, 11) is -1.75. The van der Waals surface area contributed by atoms with E-state index in [1.807, 2.05) is 38.1 Å². The fraction of sp³-hybridized carbons (Fsp3) is 0.316. The third kappa shape index (κ3) is 2.80. The second-order valence-corrected chi connectivity index (χ2v) is 8.83. The van der Waals surface area contributed by atoms with Gasteiger partial charge in [0.25, 0.3) is 0 Å². The van der Waals surface area contributed by atoms with E-state index < -0.39 is 15.3 Å². The van der Waals surface area contributed by atoms with Crippen LogP contribution in [0.3, 0.4) is 0 Å². The molecule has 0 aromatic heterocycles. The van der Waals surface area contributed by atoms with Crippen LogP contribution in [0.4, 0.5) is 5.69 Å². The molecule has 0 aliphatic carbocycles. The third-order valence-corrected chi connectivity index (χ3v) is 5.78. The average Bonchev–Trinajstić information content (AvgIpc) is 2.58. The minimum absolute atomic E-state index is 0.0472. The number of anilines is 1. The maximum Gasteiger partial charge on any atom is 0.235 e. The van der Waals surface area contributed by atoms with Crippen molar-refractivity contribution >= 4 is 21.4 Å². The second kappa shape index (κ2) is 5.88. The number of ether oxygens (including phenoxy) is 1. The van der Waals surface area contributed by atoms with E-state index in [1.165, 1.54) is 6.07 Å². The Labute approximate surface area is 148 Å². The fourth-order valence-electron chi connectivity index (χ4n) is 3.35. The smallest absolute Gasteiger partial charge is 0.235 e. The Morgan fingerprint density at radius 2 is 1.76 bits per heavy atom. The largest absolute Gasteiger partial charge is 0.496 e. The molecule has 2 aromatic carbocycles. The highest BCUT2D eigenvalue weighted by atomic mass is 32.2. The Morgan fingerprint density at radius 3 is 2.40 bits per heavy atom. The van der Waals surface area contributed by atoms with Crippen LogP contribution in [0.2, 0.25) is 0 Å². The van der Waals surface area contributed by atoms with Gasteiger partial charge in [0.1, 0.15) is 5.75 Å². The molecule has 5 nitrogen and oxygen atoms in total. The van der Waals surface area contributed by atoms with Crippen molar-refractivity contribution < 1.29 is 17.9 Å². The highest BCUT2D eigenvalue weighted by molar-refractivity contribution is 7.90. The summed E-state index contributed by atoms with van der Waals surface area (Å²) in [4.78, 5) is 14.6. The average molecular weight is 359 g/mol. The molecule has 6 heteroatoms. The molecule has 1 aliphatic heterocycles. The van der Waals surface area contributed by atoms with Gasteiger partial charge in [-0.2, -0.15) is 0 Å². The first-order chi connectivity index (χ1) is 11.7. The molecule has 2 aromatic rings. The minimum atomic E-state index is -3.35. The number of amides is 1. The number of benzene rings is 2. The van der Waals surface area contributed by atoms with Crippen molar-refractivity contribution in [3.8, 4) is 5.75 Å². The molecule has 1 saturated heterocycles. The lowest BCUT2D eigenvalue weighted by atomic mass is 9.70. The molecular formula is C19H21NO4S. The molecular weight excluding hydrogens is 338 g/mol. The van der Waals surface area contributed by atoms with E-state index in [4.69, 9.17) is 4.74 Å². The Kier molecular flexibility index (Phi) is 4.11. The van der Waals surface area contributed by atoms with Gasteiger partial charge in [0.2, 0.25) is 5.91 Å². The molecule has 0 saturated carbocycles. The van der Waals surface area contributed by atoms with Crippen LogP contribution in [0.15, 0.2) is 53.4 Å². The van der Waals surface area contributed by atoms with Gasteiger partial charge in [-0.1, -0.05) is 24.3 Å². The van der Waals surface area contributed by atoms with Gasteiger partial charge in [-0.15, -0.1) is 0 Å². The molecule has 1 atom stereocenters. The number of carbonyl (C=O) groups is 1. The number of methoxy groups -OCH3 is 1. The Morgan fingerprint density at radius 1 is 1.08 bits per heavy atom. The van der Waals surface area contributed by atoms with E-state index in [2.05, 4.69) is 0 Å². The van der Waals surface area contributed by atoms with Crippen molar-refractivity contribution in [2.75, 3.05) is 18.3 Å². The van der Waals surface area contributed by atoms with Gasteiger partial charge < -0.3 is 9.64 Å². The molecule has 0 radical (unpaired) electrons. The third-order valence-electron chi connectivity index (χ3n) is 4.67. The maximum absolute atomic E-state index is 12.8. The quantitative estimate of drug-likeness (QED) is 0.787. The molecule has 1 heterocycles. The predicted molar refractivity (Wildman–Crippen MR) is 96.6 cm³/mol. The lowest BCUT2D eigenvalue weighted by Gasteiger charge is -2.53. The number of hydrogen-bond donors (Lipinski definition) is 0. The summed E-state index contributed by atoms with van der Waals surface area (Å²) in [5.41, 5.74) is 0.873. The molecule has 0 bridgehead atoms. The zero-order chi connectivity index (χ0) is 18.4. The summed E-state index contributed by atoms with van der Waals surface area (Å²) in [6.07, 6.45) is 1.16. The predicted octanol–water partition coefficient (Wildman–Crippen LogP) is 3.21. The van der Waals surface area contributed by atoms with Gasteiger partial charge >= 0.3 is 0 Å². The van der Waals surface area contributed by atoms with Gasteiger partial charge in [-0.3, -0.25) is 4.79 Å². The lowest BCUT2D eigenvalue weighted by Crippen LogP contribution is -2.61. The normalized spacial score (nSPS) is 19.4. The number of sulfone groups is 1. The summed E-state index contributed by atoms with van der Waals surface area (Å²) >= 11 is 0. The highest BCUT2D eigenvalue weighted by Gasteiger charge is 2.56. The van der Waals surface area contributed by atoms with Crippen LogP contribution < -0.4 is 9.64 Å². The van der Waals surface area contributed by atoms with E-state index >= 15 is 0 Å². The van der Waals surface area contributed by atoms with Crippen molar-refractivity contribution in [2.24, 2.45) is 5.41 Å². The van der Waals surface area contributed by atoms with Gasteiger partial charge in [0.15, 0.2) is 9.84 Å². The number of para-hydroxylation sites is 1. The van der Waals surface area contributed by atoms with Crippen molar-refractivity contribution in [3.05, 3.63) is 54.1 Å². The van der Waals surface area contributed by atoms with Crippen molar-refractivity contribution in [3.63, 3.8) is 0 Å². The van der Waals surface area contributed by atoms with Gasteiger partial charge in [0.05, 0.1) is 23.5 Å². The Bertz CT molecular complexity index is 934. The topological polar surface area (TPSA) is 63.7 Å². The van der Waals surface area contributed by atoms with E-state index in [0.717, 1.165) is 11.8 Å². The van der Waals surface area contributed by atoms with Crippen LogP contribution in [-0.2, 0) is 14.6 Å². The summed E-state index contributed by atoms with van der Waals surface area (Å²) in [5.74, 6) is 0.659. The minimum Gasteiger partial charge on any atom is -0.496 e. The molecule has 1 fully saturated rings. The summed E-state index contributed by atoms with van der Waals surface area (Å²) in [6, 6.07) is 13.8. The molecule has 0 N–H and O–H groups in total. The molecule has 132 valence electrons. The van der Waals surface area contributed by atoms with E-state index in [-0.39, 0.29) is 16.8 Å². The maximum atomic E-state index is 12.8. The van der Waals surface area contributed by atoms with Crippen LogP contribution >= 0.6 is 0 Å². The first-order valence-corrected chi connectivity index (χ1v) is 9.84. The summed E-state index contributed by atoms with van der Waals surface area (Å²) in [5, 5.41) is 0. The Balaban J connectivity index is 2.11. The number of nitrogens with zero attached hydrogens (tertiary/aromatic N) is 1. The number of rotatable bonds is 4. The zero-order valence-electron chi connectivity index (χ0n) is 14.7. The molecule has 1 amide bonds. The molecule has 25 heavy (non-hydrogen) atoms. The van der Waals surface area contributed by atoms with Gasteiger partial charge in [-0.25, -0.2) is 8.42 Å². The van der Waals surface area contributed by atoms with Crippen LogP contribution in [0.5, 0.6) is 5.75 Å². The first-order valence-electron chi connectivity index (χ1n) is 7.94. The zero-order valence-corrected chi connectivity index (χ0v) is 15.5. The Hall–Kier alpha value is -2.34. The summed E-state index contributed by atoms with van der Waals surface area (Å²) in [6.45, 7) is 3.78. The van der Waals surface area contributed by atoms with Crippen LogP contribution in [-0.4, -0.2) is 27.7 Å². The molecule has 0 unspecified atom stereocenters. The highest BCUT2D eigenvalue weighted by Crippen LogP contribution is 2.53. The summed E-state index contributed by atoms with van der Waals surface area (Å²) < 4.78 is 29.2. The van der Waals surface area contributed by atoms with E-state index in [0.29, 0.717) is 11.4 Å². The molecule has 3 rings (SSSR count). The number of β-lactam (4-membered cyclic amide) rings is 1. The molecule has 1 aliphatic rings. The van der Waals surface area contributed by atoms with Crippen molar-refractivity contribution in [1.29, 1.82) is 0 Å². The van der Waals surface area contributed by atoms with E-state index in [9.17, 15) is 13.2 Å². The second-order valence-electron chi connectivity index (χ2n) is 6.81. The van der Waals surface area contributed by atoms with Crippen LogP contribution in [0, 0.1) is 5.41 Å². The van der Waals surface area contributed by atoms with Gasteiger partial charge in [0, 0.05) is 17.5 Å². The van der Waals surface area contributed by atoms with Crippen LogP contribution in [0.25, 0.3) is 0 Å². The lowest BCUT2D eigenvalue weighted by molar-refractivity contribution is -0.137. The fourth-order valence-corrected chi connectivity index (χ4v) is 4.01. The first kappa shape index (κ1) is 17.5. The van der Waals surface area contributed by atoms with Gasteiger partial charge in [-0.05, 0) is 38.1 Å². The monoisotopic (exact) mass is 359 g/mol. The van der Waals surface area contributed by atoms with Crippen LogP contribution in [0.1, 0.15) is 25.5 Å². The standard InChI is InChI=1S/C19H21NO4S/c1-19(2)17(15-10-5-6-11-16(15)24-3)20(18(19)21)13-8-7-9-14(12-13)25(4,22)23/h5-12,17H,1-4H3/t17-/m0/s1.